The van der Waals surface area contributed by atoms with Crippen LogP contribution in [0.25, 0.3) is 16.7 Å². The molecule has 2 aromatic carbocycles. The zero-order valence-corrected chi connectivity index (χ0v) is 13.5. The van der Waals surface area contributed by atoms with Gasteiger partial charge in [0.05, 0.1) is 7.11 Å². The van der Waals surface area contributed by atoms with Gasteiger partial charge in [-0.05, 0) is 38.1 Å². The Labute approximate surface area is 134 Å². The number of ether oxygens (including phenoxy) is 1. The van der Waals surface area contributed by atoms with Gasteiger partial charge in [-0.25, -0.2) is 0 Å². The highest BCUT2D eigenvalue weighted by atomic mass is 16.5. The molecule has 23 heavy (non-hydrogen) atoms. The number of aromatic hydroxyl groups is 1. The summed E-state index contributed by atoms with van der Waals surface area (Å²) in [4.78, 5) is 3.62. The summed E-state index contributed by atoms with van der Waals surface area (Å²) in [5.74, 6) is 0.882. The molecule has 6 heteroatoms. The highest BCUT2D eigenvalue weighted by Gasteiger charge is 2.12. The molecular formula is C17H20N4O2. The number of phenols is 1. The molecule has 0 fully saturated rings. The lowest BCUT2D eigenvalue weighted by molar-refractivity contribution is 0.415. The number of rotatable bonds is 5. The van der Waals surface area contributed by atoms with Gasteiger partial charge in [-0.1, -0.05) is 0 Å². The van der Waals surface area contributed by atoms with E-state index >= 15 is 0 Å². The Hall–Kier alpha value is -2.76. The molecule has 0 atom stereocenters. The Morgan fingerprint density at radius 2 is 1.78 bits per heavy atom. The van der Waals surface area contributed by atoms with Crippen molar-refractivity contribution in [2.75, 3.05) is 25.1 Å². The van der Waals surface area contributed by atoms with Gasteiger partial charge >= 0.3 is 0 Å². The molecule has 0 radical (unpaired) electrons. The zero-order valence-electron chi connectivity index (χ0n) is 13.5. The molecular weight excluding hydrogens is 292 g/mol. The summed E-state index contributed by atoms with van der Waals surface area (Å²) in [5, 5.41) is 19.2. The van der Waals surface area contributed by atoms with Crippen LogP contribution in [0.3, 0.4) is 0 Å². The molecule has 0 unspecified atom stereocenters. The fourth-order valence-electron chi connectivity index (χ4n) is 2.60. The third-order valence-corrected chi connectivity index (χ3v) is 3.89. The van der Waals surface area contributed by atoms with E-state index in [0.717, 1.165) is 35.6 Å². The molecule has 1 N–H and O–H groups in total. The molecule has 3 rings (SSSR count). The topological polar surface area (TPSA) is 63.4 Å². The van der Waals surface area contributed by atoms with Gasteiger partial charge in [-0.15, -0.1) is 15.0 Å². The van der Waals surface area contributed by atoms with Crippen LogP contribution >= 0.6 is 0 Å². The lowest BCUT2D eigenvalue weighted by Crippen LogP contribution is -2.21. The van der Waals surface area contributed by atoms with E-state index in [-0.39, 0.29) is 5.75 Å². The molecule has 0 spiro atoms. The first-order valence-corrected chi connectivity index (χ1v) is 7.65. The highest BCUT2D eigenvalue weighted by molar-refractivity contribution is 5.76. The van der Waals surface area contributed by atoms with Crippen molar-refractivity contribution >= 4 is 16.7 Å². The maximum Gasteiger partial charge on any atom is 0.145 e. The van der Waals surface area contributed by atoms with Crippen molar-refractivity contribution < 1.29 is 9.84 Å². The maximum atomic E-state index is 10.4. The second-order valence-corrected chi connectivity index (χ2v) is 5.19. The fraction of sp³-hybridized carbons (Fsp3) is 0.294. The first-order chi connectivity index (χ1) is 11.2. The number of fused-ring (bicyclic) bond motifs is 1. The van der Waals surface area contributed by atoms with Crippen LogP contribution in [0.4, 0.5) is 5.69 Å². The van der Waals surface area contributed by atoms with E-state index < -0.39 is 0 Å². The van der Waals surface area contributed by atoms with Gasteiger partial charge in [-0.3, -0.25) is 0 Å². The fourth-order valence-corrected chi connectivity index (χ4v) is 2.60. The van der Waals surface area contributed by atoms with Crippen LogP contribution in [0, 0.1) is 0 Å². The molecule has 0 aliphatic carbocycles. The van der Waals surface area contributed by atoms with Crippen LogP contribution in [-0.4, -0.2) is 40.3 Å². The van der Waals surface area contributed by atoms with Crippen LogP contribution in [0.1, 0.15) is 13.8 Å². The zero-order chi connectivity index (χ0) is 16.4. The van der Waals surface area contributed by atoms with Crippen molar-refractivity contribution in [1.82, 2.24) is 15.0 Å². The van der Waals surface area contributed by atoms with Crippen LogP contribution in [0.15, 0.2) is 36.4 Å². The Kier molecular flexibility index (Phi) is 4.06. The van der Waals surface area contributed by atoms with Gasteiger partial charge in [0.1, 0.15) is 28.2 Å². The summed E-state index contributed by atoms with van der Waals surface area (Å²) >= 11 is 0. The number of hydrogen-bond acceptors (Lipinski definition) is 5. The van der Waals surface area contributed by atoms with Gasteiger partial charge in [0.15, 0.2) is 0 Å². The predicted molar refractivity (Wildman–Crippen MR) is 90.6 cm³/mol. The number of aromatic nitrogens is 3. The average molecular weight is 312 g/mol. The van der Waals surface area contributed by atoms with Crippen molar-refractivity contribution in [2.45, 2.75) is 13.8 Å². The molecule has 0 saturated carbocycles. The molecule has 0 bridgehead atoms. The first-order valence-electron chi connectivity index (χ1n) is 7.65. The van der Waals surface area contributed by atoms with Gasteiger partial charge < -0.3 is 14.7 Å². The maximum absolute atomic E-state index is 10.4. The van der Waals surface area contributed by atoms with Crippen molar-refractivity contribution in [3.8, 4) is 17.2 Å². The summed E-state index contributed by atoms with van der Waals surface area (Å²) < 4.78 is 5.20. The van der Waals surface area contributed by atoms with Crippen LogP contribution in [-0.2, 0) is 0 Å². The number of benzene rings is 2. The second-order valence-electron chi connectivity index (χ2n) is 5.19. The van der Waals surface area contributed by atoms with E-state index in [9.17, 15) is 5.11 Å². The minimum Gasteiger partial charge on any atom is -0.506 e. The number of anilines is 1. The van der Waals surface area contributed by atoms with Gasteiger partial charge in [-0.2, -0.15) is 0 Å². The smallest absolute Gasteiger partial charge is 0.145 e. The highest BCUT2D eigenvalue weighted by Crippen LogP contribution is 2.28. The van der Waals surface area contributed by atoms with Crippen molar-refractivity contribution in [1.29, 1.82) is 0 Å². The Morgan fingerprint density at radius 1 is 1.04 bits per heavy atom. The number of hydrogen-bond donors (Lipinski definition) is 1. The van der Waals surface area contributed by atoms with Gasteiger partial charge in [0.2, 0.25) is 0 Å². The first kappa shape index (κ1) is 15.1. The van der Waals surface area contributed by atoms with Gasteiger partial charge in [0.25, 0.3) is 0 Å². The SMILES string of the molecule is CCN(CC)c1ccc(-n2nc3ccc(OC)cc3n2)c(O)c1. The van der Waals surface area contributed by atoms with Crippen molar-refractivity contribution in [2.24, 2.45) is 0 Å². The molecule has 1 heterocycles. The van der Waals surface area contributed by atoms with Crippen LogP contribution < -0.4 is 9.64 Å². The quantitative estimate of drug-likeness (QED) is 0.784. The van der Waals surface area contributed by atoms with E-state index in [1.54, 1.807) is 13.2 Å². The monoisotopic (exact) mass is 312 g/mol. The van der Waals surface area contributed by atoms with E-state index in [4.69, 9.17) is 4.74 Å². The van der Waals surface area contributed by atoms with E-state index in [1.807, 2.05) is 30.3 Å². The lowest BCUT2D eigenvalue weighted by atomic mass is 10.2. The molecule has 1 aromatic heterocycles. The molecule has 0 amide bonds. The molecule has 0 aliphatic heterocycles. The van der Waals surface area contributed by atoms with Crippen LogP contribution in [0.2, 0.25) is 0 Å². The Morgan fingerprint density at radius 3 is 2.43 bits per heavy atom. The summed E-state index contributed by atoms with van der Waals surface area (Å²) in [6.45, 7) is 5.95. The number of phenolic OH excluding ortho intramolecular Hbond substituents is 1. The van der Waals surface area contributed by atoms with Gasteiger partial charge in [0, 0.05) is 30.9 Å². The third-order valence-electron chi connectivity index (χ3n) is 3.89. The normalized spacial score (nSPS) is 10.9. The molecule has 0 aliphatic rings. The third kappa shape index (κ3) is 2.79. The van der Waals surface area contributed by atoms with E-state index in [1.165, 1.54) is 4.80 Å². The molecule has 0 saturated heterocycles. The van der Waals surface area contributed by atoms with E-state index in [0.29, 0.717) is 5.69 Å². The minimum atomic E-state index is 0.154. The Bertz CT molecular complexity index is 825. The second kappa shape index (κ2) is 6.16. The lowest BCUT2D eigenvalue weighted by Gasteiger charge is -2.21. The minimum absolute atomic E-state index is 0.154. The largest absolute Gasteiger partial charge is 0.506 e. The summed E-state index contributed by atoms with van der Waals surface area (Å²) in [6.07, 6.45) is 0. The molecule has 6 nitrogen and oxygen atoms in total. The van der Waals surface area contributed by atoms with Crippen LogP contribution in [0.5, 0.6) is 11.5 Å². The van der Waals surface area contributed by atoms with E-state index in [2.05, 4.69) is 28.9 Å². The average Bonchev–Trinajstić information content (AvgIpc) is 2.98. The molecule has 3 aromatic rings. The number of methoxy groups -OCH3 is 1. The summed E-state index contributed by atoms with van der Waals surface area (Å²) in [7, 11) is 1.61. The Balaban J connectivity index is 2.01. The predicted octanol–water partition coefficient (Wildman–Crippen LogP) is 2.98. The molecule has 120 valence electrons. The standard InChI is InChI=1S/C17H20N4O2/c1-4-20(5-2)12-6-9-16(17(22)10-12)21-18-14-8-7-13(23-3)11-15(14)19-21/h6-11,22H,4-5H2,1-3H3. The number of nitrogens with zero attached hydrogens (tertiary/aromatic N) is 4. The summed E-state index contributed by atoms with van der Waals surface area (Å²) in [5.41, 5.74) is 3.00. The van der Waals surface area contributed by atoms with Crippen molar-refractivity contribution in [3.63, 3.8) is 0 Å². The summed E-state index contributed by atoms with van der Waals surface area (Å²) in [6, 6.07) is 11.1. The van der Waals surface area contributed by atoms with Crippen molar-refractivity contribution in [3.05, 3.63) is 36.4 Å².